The summed E-state index contributed by atoms with van der Waals surface area (Å²) in [7, 11) is 3.80. The van der Waals surface area contributed by atoms with Crippen molar-refractivity contribution >= 4 is 5.91 Å². The van der Waals surface area contributed by atoms with Crippen LogP contribution in [0.25, 0.3) is 0 Å². The van der Waals surface area contributed by atoms with Crippen molar-refractivity contribution in [1.29, 1.82) is 0 Å². The van der Waals surface area contributed by atoms with E-state index in [0.717, 1.165) is 38.8 Å². The van der Waals surface area contributed by atoms with Gasteiger partial charge in [0.25, 0.3) is 0 Å². The topological polar surface area (TPSA) is 32.3 Å². The van der Waals surface area contributed by atoms with Gasteiger partial charge in [-0.3, -0.25) is 4.79 Å². The number of aryl methyl sites for hydroxylation is 1. The van der Waals surface area contributed by atoms with Crippen LogP contribution in [0.3, 0.4) is 0 Å². The molecule has 1 aliphatic heterocycles. The molecule has 4 rings (SSSR count). The molecule has 1 heterocycles. The van der Waals surface area contributed by atoms with Crippen LogP contribution >= 0.6 is 0 Å². The fourth-order valence-corrected chi connectivity index (χ4v) is 3.79. The van der Waals surface area contributed by atoms with Crippen LogP contribution in [-0.2, 0) is 30.6 Å². The summed E-state index contributed by atoms with van der Waals surface area (Å²) in [6.45, 7) is 1.99. The van der Waals surface area contributed by atoms with Crippen molar-refractivity contribution in [2.75, 3.05) is 20.6 Å². The van der Waals surface area contributed by atoms with Crippen LogP contribution in [0.15, 0.2) is 42.5 Å². The van der Waals surface area contributed by atoms with Crippen LogP contribution in [0.5, 0.6) is 0 Å². The summed E-state index contributed by atoms with van der Waals surface area (Å²) >= 11 is 0. The number of hydrogen-bond acceptors (Lipinski definition) is 2. The molecule has 2 aromatic carbocycles. The van der Waals surface area contributed by atoms with Gasteiger partial charge in [0.1, 0.15) is 5.82 Å². The first-order valence-electron chi connectivity index (χ1n) is 9.31. The second-order valence-electron chi connectivity index (χ2n) is 7.22. The number of benzene rings is 2. The first-order chi connectivity index (χ1) is 12.6. The highest BCUT2D eigenvalue weighted by atomic mass is 19.1. The van der Waals surface area contributed by atoms with Gasteiger partial charge in [-0.25, -0.2) is 4.39 Å². The fraction of sp³-hybridized carbons (Fsp3) is 0.409. The number of likely N-dealkylation sites (N-methyl/N-ethyl adjacent to an activating group) is 1. The molecule has 26 heavy (non-hydrogen) atoms. The van der Waals surface area contributed by atoms with Crippen molar-refractivity contribution in [1.82, 2.24) is 10.2 Å². The zero-order valence-corrected chi connectivity index (χ0v) is 15.6. The number of carbonyl (C=O) groups excluding carboxylic acids is 1. The van der Waals surface area contributed by atoms with Crippen molar-refractivity contribution in [2.45, 2.75) is 32.2 Å². The lowest BCUT2D eigenvalue weighted by molar-refractivity contribution is -0.124. The maximum absolute atomic E-state index is 12.8. The van der Waals surface area contributed by atoms with Crippen LogP contribution in [0, 0.1) is 11.7 Å². The summed E-state index contributed by atoms with van der Waals surface area (Å²) < 4.78 is 12.8. The standard InChI is InChI=1S/C12H15NO.C10H12FN/c1-13-12(14)11-7-6-9-4-2-3-5-10(9)8-11;1-12-5-4-8-6-10(11)3-2-9(8)7-12/h2-5,11H,6-8H2,1H3,(H,13,14);2-3,6H,4-5,7H2,1H3. The summed E-state index contributed by atoms with van der Waals surface area (Å²) in [5.41, 5.74) is 5.19. The molecule has 1 amide bonds. The highest BCUT2D eigenvalue weighted by Crippen LogP contribution is 2.25. The van der Waals surface area contributed by atoms with Crippen LogP contribution in [0.2, 0.25) is 0 Å². The molecule has 0 saturated carbocycles. The number of nitrogens with zero attached hydrogens (tertiary/aromatic N) is 1. The Labute approximate surface area is 155 Å². The minimum Gasteiger partial charge on any atom is -0.359 e. The maximum atomic E-state index is 12.8. The number of rotatable bonds is 1. The number of nitrogens with one attached hydrogen (secondary N) is 1. The van der Waals surface area contributed by atoms with Gasteiger partial charge in [-0.2, -0.15) is 0 Å². The fourth-order valence-electron chi connectivity index (χ4n) is 3.79. The van der Waals surface area contributed by atoms with Gasteiger partial charge < -0.3 is 10.2 Å². The summed E-state index contributed by atoms with van der Waals surface area (Å²) in [6.07, 6.45) is 3.89. The minimum atomic E-state index is -0.113. The predicted molar refractivity (Wildman–Crippen MR) is 102 cm³/mol. The Bertz CT molecular complexity index is 774. The molecule has 0 aromatic heterocycles. The largest absolute Gasteiger partial charge is 0.359 e. The van der Waals surface area contributed by atoms with Crippen molar-refractivity contribution in [3.05, 3.63) is 70.5 Å². The first-order valence-corrected chi connectivity index (χ1v) is 9.31. The lowest BCUT2D eigenvalue weighted by atomic mass is 9.83. The molecular weight excluding hydrogens is 327 g/mol. The molecule has 2 aliphatic rings. The third-order valence-electron chi connectivity index (χ3n) is 5.34. The Morgan fingerprint density at radius 2 is 1.85 bits per heavy atom. The molecule has 0 radical (unpaired) electrons. The summed E-state index contributed by atoms with van der Waals surface area (Å²) in [5, 5.41) is 2.73. The average molecular weight is 354 g/mol. The molecule has 1 atom stereocenters. The molecule has 3 nitrogen and oxygen atoms in total. The Hall–Kier alpha value is -2.20. The van der Waals surface area contributed by atoms with Gasteiger partial charge in [0, 0.05) is 26.1 Å². The van der Waals surface area contributed by atoms with Gasteiger partial charge >= 0.3 is 0 Å². The van der Waals surface area contributed by atoms with E-state index >= 15 is 0 Å². The number of amides is 1. The molecule has 1 N–H and O–H groups in total. The van der Waals surface area contributed by atoms with Crippen LogP contribution < -0.4 is 5.32 Å². The molecule has 138 valence electrons. The molecule has 0 bridgehead atoms. The molecule has 0 fully saturated rings. The van der Waals surface area contributed by atoms with Crippen LogP contribution in [-0.4, -0.2) is 31.4 Å². The zero-order valence-electron chi connectivity index (χ0n) is 15.6. The van der Waals surface area contributed by atoms with Crippen molar-refractivity contribution in [3.8, 4) is 0 Å². The minimum absolute atomic E-state index is 0.113. The molecule has 4 heteroatoms. The predicted octanol–water partition coefficient (Wildman–Crippen LogP) is 3.35. The third kappa shape index (κ3) is 4.50. The molecule has 0 saturated heterocycles. The van der Waals surface area contributed by atoms with Gasteiger partial charge in [-0.05, 0) is 67.1 Å². The van der Waals surface area contributed by atoms with E-state index in [1.807, 2.05) is 12.1 Å². The van der Waals surface area contributed by atoms with Crippen molar-refractivity contribution < 1.29 is 9.18 Å². The van der Waals surface area contributed by atoms with Crippen molar-refractivity contribution in [2.24, 2.45) is 5.92 Å². The molecule has 1 aliphatic carbocycles. The number of hydrogen-bond donors (Lipinski definition) is 1. The van der Waals surface area contributed by atoms with E-state index in [-0.39, 0.29) is 17.6 Å². The van der Waals surface area contributed by atoms with Gasteiger partial charge in [0.15, 0.2) is 0 Å². The smallest absolute Gasteiger partial charge is 0.223 e. The van der Waals surface area contributed by atoms with Gasteiger partial charge in [0.05, 0.1) is 0 Å². The lowest BCUT2D eigenvalue weighted by Crippen LogP contribution is -2.31. The number of carbonyl (C=O) groups is 1. The Morgan fingerprint density at radius 3 is 2.62 bits per heavy atom. The highest BCUT2D eigenvalue weighted by Gasteiger charge is 2.23. The Balaban J connectivity index is 0.000000152. The summed E-state index contributed by atoms with van der Waals surface area (Å²) in [6, 6.07) is 13.5. The highest BCUT2D eigenvalue weighted by molar-refractivity contribution is 5.79. The van der Waals surface area contributed by atoms with E-state index in [2.05, 4.69) is 35.5 Å². The van der Waals surface area contributed by atoms with E-state index < -0.39 is 0 Å². The SMILES string of the molecule is CN1CCc2cc(F)ccc2C1.CNC(=O)C1CCc2ccccc2C1. The molecule has 1 unspecified atom stereocenters. The first kappa shape index (κ1) is 18.6. The molecule has 0 spiro atoms. The summed E-state index contributed by atoms with van der Waals surface area (Å²) in [4.78, 5) is 13.7. The maximum Gasteiger partial charge on any atom is 0.223 e. The van der Waals surface area contributed by atoms with E-state index in [1.165, 1.54) is 28.3 Å². The van der Waals surface area contributed by atoms with Crippen LogP contribution in [0.4, 0.5) is 4.39 Å². The number of fused-ring (bicyclic) bond motifs is 2. The Kier molecular flexibility index (Phi) is 6.04. The normalized spacial score (nSPS) is 18.8. The molecular formula is C22H27FN2O. The lowest BCUT2D eigenvalue weighted by Gasteiger charge is -2.24. The van der Waals surface area contributed by atoms with Gasteiger partial charge in [-0.1, -0.05) is 30.3 Å². The van der Waals surface area contributed by atoms with E-state index in [9.17, 15) is 9.18 Å². The monoisotopic (exact) mass is 354 g/mol. The quantitative estimate of drug-likeness (QED) is 0.852. The second-order valence-corrected chi connectivity index (χ2v) is 7.22. The van der Waals surface area contributed by atoms with Crippen molar-refractivity contribution in [3.63, 3.8) is 0 Å². The molecule has 2 aromatic rings. The van der Waals surface area contributed by atoms with Crippen LogP contribution in [0.1, 0.15) is 28.7 Å². The average Bonchev–Trinajstić information content (AvgIpc) is 2.67. The van der Waals surface area contributed by atoms with E-state index in [4.69, 9.17) is 0 Å². The van der Waals surface area contributed by atoms with Gasteiger partial charge in [0.2, 0.25) is 5.91 Å². The number of halogens is 1. The zero-order chi connectivity index (χ0) is 18.5. The second kappa shape index (κ2) is 8.45. The summed E-state index contributed by atoms with van der Waals surface area (Å²) in [5.74, 6) is 0.243. The van der Waals surface area contributed by atoms with E-state index in [1.54, 1.807) is 13.1 Å². The van der Waals surface area contributed by atoms with E-state index in [0.29, 0.717) is 0 Å². The third-order valence-corrected chi connectivity index (χ3v) is 5.34. The Morgan fingerprint density at radius 1 is 1.08 bits per heavy atom. The van der Waals surface area contributed by atoms with Gasteiger partial charge in [-0.15, -0.1) is 0 Å².